The summed E-state index contributed by atoms with van der Waals surface area (Å²) in [7, 11) is 0. The number of carbonyl (C=O) groups excluding carboxylic acids is 1. The Hall–Kier alpha value is -2.89. The second-order valence-corrected chi connectivity index (χ2v) is 5.10. The number of carboxylic acid groups (broad SMARTS) is 1. The second kappa shape index (κ2) is 7.40. The summed E-state index contributed by atoms with van der Waals surface area (Å²) in [5.41, 5.74) is 3.59. The maximum absolute atomic E-state index is 11.7. The Morgan fingerprint density at radius 2 is 1.96 bits per heavy atom. The molecule has 120 valence electrons. The molecular formula is C17H19N3O3. The van der Waals surface area contributed by atoms with Gasteiger partial charge >= 0.3 is 5.97 Å². The molecule has 0 atom stereocenters. The molecule has 0 aliphatic carbocycles. The number of rotatable bonds is 6. The van der Waals surface area contributed by atoms with Gasteiger partial charge in [-0.15, -0.1) is 0 Å². The lowest BCUT2D eigenvalue weighted by Gasteiger charge is -2.03. The number of aromatic nitrogens is 2. The van der Waals surface area contributed by atoms with E-state index in [1.54, 1.807) is 6.08 Å². The Kier molecular flexibility index (Phi) is 5.30. The third kappa shape index (κ3) is 4.29. The largest absolute Gasteiger partial charge is 0.481 e. The molecule has 0 aliphatic heterocycles. The molecule has 0 unspecified atom stereocenters. The zero-order chi connectivity index (χ0) is 16.8. The van der Waals surface area contributed by atoms with Gasteiger partial charge < -0.3 is 10.4 Å². The van der Waals surface area contributed by atoms with Crippen molar-refractivity contribution >= 4 is 18.0 Å². The lowest BCUT2D eigenvalue weighted by atomic mass is 10.2. The number of nitrogens with one attached hydrogen (secondary N) is 1. The van der Waals surface area contributed by atoms with Gasteiger partial charge in [0.05, 0.1) is 17.8 Å². The molecule has 1 aromatic carbocycles. The van der Waals surface area contributed by atoms with Crippen LogP contribution in [0.4, 0.5) is 0 Å². The maximum atomic E-state index is 11.7. The molecule has 0 fully saturated rings. The average molecular weight is 313 g/mol. The van der Waals surface area contributed by atoms with Crippen LogP contribution in [0.1, 0.15) is 23.4 Å². The summed E-state index contributed by atoms with van der Waals surface area (Å²) in [4.78, 5) is 22.1. The fourth-order valence-corrected chi connectivity index (χ4v) is 2.23. The second-order valence-electron chi connectivity index (χ2n) is 5.10. The van der Waals surface area contributed by atoms with Crippen molar-refractivity contribution in [3.05, 3.63) is 53.4 Å². The Morgan fingerprint density at radius 3 is 2.61 bits per heavy atom. The van der Waals surface area contributed by atoms with Crippen molar-refractivity contribution in [2.45, 2.75) is 20.3 Å². The predicted molar refractivity (Wildman–Crippen MR) is 87.3 cm³/mol. The molecule has 6 nitrogen and oxygen atoms in total. The van der Waals surface area contributed by atoms with E-state index in [-0.39, 0.29) is 18.9 Å². The molecule has 2 aromatic rings. The predicted octanol–water partition coefficient (Wildman–Crippen LogP) is 2.09. The first-order chi connectivity index (χ1) is 11.0. The minimum atomic E-state index is -0.940. The first kappa shape index (κ1) is 16.5. The van der Waals surface area contributed by atoms with Gasteiger partial charge in [0.1, 0.15) is 0 Å². The molecule has 23 heavy (non-hydrogen) atoms. The van der Waals surface area contributed by atoms with Crippen LogP contribution in [0.3, 0.4) is 0 Å². The number of hydrogen-bond acceptors (Lipinski definition) is 3. The van der Waals surface area contributed by atoms with Crippen molar-refractivity contribution < 1.29 is 14.7 Å². The highest BCUT2D eigenvalue weighted by atomic mass is 16.4. The number of para-hydroxylation sites is 1. The van der Waals surface area contributed by atoms with Gasteiger partial charge in [0.25, 0.3) is 0 Å². The number of aryl methyl sites for hydroxylation is 1. The van der Waals surface area contributed by atoms with E-state index in [9.17, 15) is 9.59 Å². The number of carbonyl (C=O) groups is 2. The summed E-state index contributed by atoms with van der Waals surface area (Å²) in [5.74, 6) is -1.26. The van der Waals surface area contributed by atoms with Crippen LogP contribution in [-0.2, 0) is 9.59 Å². The quantitative estimate of drug-likeness (QED) is 0.800. The summed E-state index contributed by atoms with van der Waals surface area (Å²) in [6.07, 6.45) is 3.00. The zero-order valence-corrected chi connectivity index (χ0v) is 13.1. The van der Waals surface area contributed by atoms with Crippen LogP contribution in [0.25, 0.3) is 11.8 Å². The summed E-state index contributed by atoms with van der Waals surface area (Å²) >= 11 is 0. The lowest BCUT2D eigenvalue weighted by molar-refractivity contribution is -0.136. The molecular weight excluding hydrogens is 294 g/mol. The third-order valence-corrected chi connectivity index (χ3v) is 3.39. The third-order valence-electron chi connectivity index (χ3n) is 3.39. The Morgan fingerprint density at radius 1 is 1.26 bits per heavy atom. The maximum Gasteiger partial charge on any atom is 0.305 e. The van der Waals surface area contributed by atoms with Crippen molar-refractivity contribution in [3.8, 4) is 5.69 Å². The number of aliphatic carboxylic acids is 1. The fourth-order valence-electron chi connectivity index (χ4n) is 2.23. The fraction of sp³-hybridized carbons (Fsp3) is 0.235. The molecule has 2 N–H and O–H groups in total. The van der Waals surface area contributed by atoms with Crippen LogP contribution >= 0.6 is 0 Å². The molecule has 0 aliphatic rings. The molecule has 0 saturated carbocycles. The van der Waals surface area contributed by atoms with E-state index in [4.69, 9.17) is 5.11 Å². The minimum Gasteiger partial charge on any atom is -0.481 e. The monoisotopic (exact) mass is 313 g/mol. The van der Waals surface area contributed by atoms with Gasteiger partial charge in [0, 0.05) is 23.9 Å². The molecule has 1 aromatic heterocycles. The topological polar surface area (TPSA) is 84.2 Å². The van der Waals surface area contributed by atoms with E-state index in [0.29, 0.717) is 0 Å². The van der Waals surface area contributed by atoms with Gasteiger partial charge in [0.2, 0.25) is 5.91 Å². The minimum absolute atomic E-state index is 0.0937. The van der Waals surface area contributed by atoms with Crippen LogP contribution in [0.2, 0.25) is 0 Å². The van der Waals surface area contributed by atoms with Crippen molar-refractivity contribution in [2.75, 3.05) is 6.54 Å². The molecule has 0 radical (unpaired) electrons. The molecule has 1 amide bonds. The van der Waals surface area contributed by atoms with Crippen LogP contribution in [0, 0.1) is 13.8 Å². The number of hydrogen-bond donors (Lipinski definition) is 2. The SMILES string of the molecule is Cc1nn(-c2ccccc2)c(C)c1/C=C/C(=O)NCCC(=O)O. The van der Waals surface area contributed by atoms with Crippen molar-refractivity contribution in [1.29, 1.82) is 0 Å². The van der Waals surface area contributed by atoms with Crippen molar-refractivity contribution in [1.82, 2.24) is 15.1 Å². The van der Waals surface area contributed by atoms with E-state index in [0.717, 1.165) is 22.6 Å². The molecule has 2 rings (SSSR count). The van der Waals surface area contributed by atoms with Crippen LogP contribution in [-0.4, -0.2) is 33.3 Å². The van der Waals surface area contributed by atoms with Gasteiger partial charge in [-0.2, -0.15) is 5.10 Å². The average Bonchev–Trinajstić information content (AvgIpc) is 2.80. The molecule has 6 heteroatoms. The lowest BCUT2D eigenvalue weighted by Crippen LogP contribution is -2.23. The smallest absolute Gasteiger partial charge is 0.305 e. The Labute approximate surface area is 134 Å². The number of carboxylic acids is 1. The van der Waals surface area contributed by atoms with E-state index >= 15 is 0 Å². The van der Waals surface area contributed by atoms with Gasteiger partial charge in [-0.05, 0) is 32.1 Å². The highest BCUT2D eigenvalue weighted by molar-refractivity contribution is 5.92. The number of nitrogens with zero attached hydrogens (tertiary/aromatic N) is 2. The molecule has 1 heterocycles. The summed E-state index contributed by atoms with van der Waals surface area (Å²) in [6, 6.07) is 9.75. The van der Waals surface area contributed by atoms with Crippen LogP contribution in [0.15, 0.2) is 36.4 Å². The standard InChI is InChI=1S/C17H19N3O3/c1-12-15(8-9-16(21)18-11-10-17(22)23)13(2)20(19-12)14-6-4-3-5-7-14/h3-9H,10-11H2,1-2H3,(H,18,21)(H,22,23)/b9-8+. The summed E-state index contributed by atoms with van der Waals surface area (Å²) in [6.45, 7) is 3.93. The van der Waals surface area contributed by atoms with Crippen LogP contribution in [0.5, 0.6) is 0 Å². The van der Waals surface area contributed by atoms with Gasteiger partial charge in [0.15, 0.2) is 0 Å². The van der Waals surface area contributed by atoms with Crippen LogP contribution < -0.4 is 5.32 Å². The Balaban J connectivity index is 2.12. The van der Waals surface area contributed by atoms with Crippen molar-refractivity contribution in [3.63, 3.8) is 0 Å². The summed E-state index contributed by atoms with van der Waals surface area (Å²) in [5, 5.41) is 15.6. The molecule has 0 bridgehead atoms. The van der Waals surface area contributed by atoms with E-state index in [2.05, 4.69) is 10.4 Å². The highest BCUT2D eigenvalue weighted by Gasteiger charge is 2.10. The number of amides is 1. The molecule has 0 spiro atoms. The normalized spacial score (nSPS) is 10.9. The van der Waals surface area contributed by atoms with E-state index in [1.807, 2.05) is 48.9 Å². The summed E-state index contributed by atoms with van der Waals surface area (Å²) < 4.78 is 1.83. The van der Waals surface area contributed by atoms with E-state index < -0.39 is 5.97 Å². The first-order valence-electron chi connectivity index (χ1n) is 7.28. The zero-order valence-electron chi connectivity index (χ0n) is 13.1. The highest BCUT2D eigenvalue weighted by Crippen LogP contribution is 2.18. The van der Waals surface area contributed by atoms with E-state index in [1.165, 1.54) is 6.08 Å². The number of benzene rings is 1. The van der Waals surface area contributed by atoms with Gasteiger partial charge in [-0.1, -0.05) is 18.2 Å². The molecule has 0 saturated heterocycles. The van der Waals surface area contributed by atoms with Gasteiger partial charge in [-0.25, -0.2) is 4.68 Å². The first-order valence-corrected chi connectivity index (χ1v) is 7.28. The van der Waals surface area contributed by atoms with Gasteiger partial charge in [-0.3, -0.25) is 9.59 Å². The van der Waals surface area contributed by atoms with Crippen molar-refractivity contribution in [2.24, 2.45) is 0 Å². The Bertz CT molecular complexity index is 733.